The van der Waals surface area contributed by atoms with E-state index in [1.807, 2.05) is 25.1 Å². The molecule has 4 nitrogen and oxygen atoms in total. The van der Waals surface area contributed by atoms with Gasteiger partial charge in [-0.05, 0) is 77.7 Å². The molecule has 7 heteroatoms. The smallest absolute Gasteiger partial charge is 0.226 e. The Morgan fingerprint density at radius 3 is 2.69 bits per heavy atom. The minimum Gasteiger partial charge on any atom is -0.492 e. The second-order valence-electron chi connectivity index (χ2n) is 6.55. The first-order valence-electron chi connectivity index (χ1n) is 9.40. The molecule has 0 aliphatic carbocycles. The van der Waals surface area contributed by atoms with E-state index in [0.29, 0.717) is 24.6 Å². The molecule has 1 N–H and O–H groups in total. The minimum atomic E-state index is -0.286. The molecule has 0 fully saturated rings. The summed E-state index contributed by atoms with van der Waals surface area (Å²) in [5, 5.41) is 3.39. The lowest BCUT2D eigenvalue weighted by Crippen LogP contribution is -2.12. The number of amides is 1. The van der Waals surface area contributed by atoms with Crippen molar-refractivity contribution < 1.29 is 13.9 Å². The third-order valence-electron chi connectivity index (χ3n) is 4.37. The molecule has 0 aliphatic rings. The highest BCUT2D eigenvalue weighted by atomic mass is 79.9. The number of benzene rings is 2. The molecular formula is C22H22BrFN2O2S. The standard InChI is InChI=1S/C22H22BrFN2O2S/c1-3-15-6-11-19(18(23)13-15)28-12-4-5-20(27)25-22-26-21(14(2)29-22)16-7-9-17(24)10-8-16/h6-11,13H,3-5,12H2,1-2H3,(H,25,26,27). The number of nitrogens with one attached hydrogen (secondary N) is 1. The Labute approximate surface area is 182 Å². The summed E-state index contributed by atoms with van der Waals surface area (Å²) in [6.07, 6.45) is 1.91. The van der Waals surface area contributed by atoms with E-state index in [9.17, 15) is 9.18 Å². The van der Waals surface area contributed by atoms with Crippen molar-refractivity contribution in [3.8, 4) is 17.0 Å². The van der Waals surface area contributed by atoms with Crippen LogP contribution in [0.4, 0.5) is 9.52 Å². The minimum absolute atomic E-state index is 0.103. The maximum absolute atomic E-state index is 13.1. The summed E-state index contributed by atoms with van der Waals surface area (Å²) in [5.41, 5.74) is 2.82. The van der Waals surface area contributed by atoms with E-state index in [1.165, 1.54) is 29.0 Å². The number of nitrogens with zero attached hydrogens (tertiary/aromatic N) is 1. The van der Waals surface area contributed by atoms with Gasteiger partial charge in [-0.1, -0.05) is 13.0 Å². The van der Waals surface area contributed by atoms with Gasteiger partial charge in [0.15, 0.2) is 5.13 Å². The molecule has 29 heavy (non-hydrogen) atoms. The third kappa shape index (κ3) is 5.87. The van der Waals surface area contributed by atoms with Crippen LogP contribution in [0.15, 0.2) is 46.9 Å². The molecule has 3 aromatic rings. The fourth-order valence-corrected chi connectivity index (χ4v) is 4.20. The number of aryl methyl sites for hydroxylation is 2. The second kappa shape index (κ2) is 9.98. The molecule has 3 rings (SSSR count). The van der Waals surface area contributed by atoms with E-state index in [0.717, 1.165) is 32.8 Å². The van der Waals surface area contributed by atoms with Gasteiger partial charge in [-0.3, -0.25) is 4.79 Å². The zero-order valence-electron chi connectivity index (χ0n) is 16.3. The molecule has 0 unspecified atom stereocenters. The van der Waals surface area contributed by atoms with E-state index >= 15 is 0 Å². The molecule has 0 aliphatic heterocycles. The largest absolute Gasteiger partial charge is 0.492 e. The van der Waals surface area contributed by atoms with Crippen molar-refractivity contribution in [3.63, 3.8) is 0 Å². The lowest BCUT2D eigenvalue weighted by molar-refractivity contribution is -0.116. The Morgan fingerprint density at radius 1 is 1.24 bits per heavy atom. The van der Waals surface area contributed by atoms with Crippen molar-refractivity contribution in [2.24, 2.45) is 0 Å². The highest BCUT2D eigenvalue weighted by molar-refractivity contribution is 9.10. The van der Waals surface area contributed by atoms with Crippen LogP contribution in [0.2, 0.25) is 0 Å². The first-order valence-corrected chi connectivity index (χ1v) is 11.0. The van der Waals surface area contributed by atoms with Crippen LogP contribution < -0.4 is 10.1 Å². The summed E-state index contributed by atoms with van der Waals surface area (Å²) in [4.78, 5) is 17.7. The number of thiazole rings is 1. The molecule has 0 spiro atoms. The quantitative estimate of drug-likeness (QED) is 0.383. The number of rotatable bonds is 8. The number of anilines is 1. The summed E-state index contributed by atoms with van der Waals surface area (Å²) in [5.74, 6) is 0.390. The molecular weight excluding hydrogens is 455 g/mol. The number of ether oxygens (including phenoxy) is 1. The van der Waals surface area contributed by atoms with Crippen LogP contribution >= 0.6 is 27.3 Å². The van der Waals surface area contributed by atoms with Crippen molar-refractivity contribution in [2.75, 3.05) is 11.9 Å². The Hall–Kier alpha value is -2.25. The molecule has 0 radical (unpaired) electrons. The van der Waals surface area contributed by atoms with E-state index in [1.54, 1.807) is 12.1 Å². The Kier molecular flexibility index (Phi) is 7.39. The molecule has 0 saturated carbocycles. The predicted molar refractivity (Wildman–Crippen MR) is 119 cm³/mol. The van der Waals surface area contributed by atoms with Gasteiger partial charge in [0.25, 0.3) is 0 Å². The summed E-state index contributed by atoms with van der Waals surface area (Å²) in [6, 6.07) is 12.2. The number of carbonyl (C=O) groups excluding carboxylic acids is 1. The van der Waals surface area contributed by atoms with Gasteiger partial charge in [0.05, 0.1) is 16.8 Å². The van der Waals surface area contributed by atoms with E-state index in [4.69, 9.17) is 4.74 Å². The van der Waals surface area contributed by atoms with Crippen molar-refractivity contribution >= 4 is 38.3 Å². The number of hydrogen-bond acceptors (Lipinski definition) is 4. The highest BCUT2D eigenvalue weighted by Gasteiger charge is 2.12. The van der Waals surface area contributed by atoms with Crippen molar-refractivity contribution in [2.45, 2.75) is 33.1 Å². The monoisotopic (exact) mass is 476 g/mol. The van der Waals surface area contributed by atoms with E-state index in [-0.39, 0.29) is 11.7 Å². The topological polar surface area (TPSA) is 51.2 Å². The highest BCUT2D eigenvalue weighted by Crippen LogP contribution is 2.30. The molecule has 0 bridgehead atoms. The fraction of sp³-hybridized carbons (Fsp3) is 0.273. The van der Waals surface area contributed by atoms with Gasteiger partial charge >= 0.3 is 0 Å². The van der Waals surface area contributed by atoms with Gasteiger partial charge in [-0.2, -0.15) is 0 Å². The van der Waals surface area contributed by atoms with Gasteiger partial charge in [0, 0.05) is 16.9 Å². The maximum Gasteiger partial charge on any atom is 0.226 e. The first kappa shape index (κ1) is 21.5. The molecule has 1 aromatic heterocycles. The number of hydrogen-bond donors (Lipinski definition) is 1. The van der Waals surface area contributed by atoms with Crippen LogP contribution in [-0.2, 0) is 11.2 Å². The number of halogens is 2. The third-order valence-corrected chi connectivity index (χ3v) is 5.88. The van der Waals surface area contributed by atoms with Crippen molar-refractivity contribution in [1.29, 1.82) is 0 Å². The molecule has 2 aromatic carbocycles. The number of aromatic nitrogens is 1. The second-order valence-corrected chi connectivity index (χ2v) is 8.61. The van der Waals surface area contributed by atoms with Crippen LogP contribution in [0.5, 0.6) is 5.75 Å². The summed E-state index contributed by atoms with van der Waals surface area (Å²) >= 11 is 4.92. The van der Waals surface area contributed by atoms with Crippen LogP contribution in [0.1, 0.15) is 30.2 Å². The molecule has 0 atom stereocenters. The van der Waals surface area contributed by atoms with E-state index < -0.39 is 0 Å². The summed E-state index contributed by atoms with van der Waals surface area (Å²) < 4.78 is 19.8. The van der Waals surface area contributed by atoms with Gasteiger partial charge in [-0.25, -0.2) is 9.37 Å². The predicted octanol–water partition coefficient (Wildman–Crippen LogP) is 6.38. The van der Waals surface area contributed by atoms with Gasteiger partial charge in [0.2, 0.25) is 5.91 Å². The molecule has 0 saturated heterocycles. The van der Waals surface area contributed by atoms with Crippen LogP contribution in [0.3, 0.4) is 0 Å². The molecule has 1 amide bonds. The Bertz CT molecular complexity index is 989. The maximum atomic E-state index is 13.1. The first-order chi connectivity index (χ1) is 14.0. The van der Waals surface area contributed by atoms with Gasteiger partial charge in [-0.15, -0.1) is 11.3 Å². The average molecular weight is 477 g/mol. The Balaban J connectivity index is 1.49. The fourth-order valence-electron chi connectivity index (χ4n) is 2.80. The normalized spacial score (nSPS) is 10.8. The zero-order chi connectivity index (χ0) is 20.8. The average Bonchev–Trinajstić information content (AvgIpc) is 3.06. The lowest BCUT2D eigenvalue weighted by Gasteiger charge is -2.09. The van der Waals surface area contributed by atoms with Crippen LogP contribution in [0, 0.1) is 12.7 Å². The number of carbonyl (C=O) groups is 1. The lowest BCUT2D eigenvalue weighted by atomic mass is 10.1. The summed E-state index contributed by atoms with van der Waals surface area (Å²) in [6.45, 7) is 4.49. The molecule has 1 heterocycles. The summed E-state index contributed by atoms with van der Waals surface area (Å²) in [7, 11) is 0. The van der Waals surface area contributed by atoms with Gasteiger partial charge in [0.1, 0.15) is 11.6 Å². The zero-order valence-corrected chi connectivity index (χ0v) is 18.7. The van der Waals surface area contributed by atoms with Crippen LogP contribution in [-0.4, -0.2) is 17.5 Å². The Morgan fingerprint density at radius 2 is 2.00 bits per heavy atom. The SMILES string of the molecule is CCc1ccc(OCCCC(=O)Nc2nc(-c3ccc(F)cc3)c(C)s2)c(Br)c1. The van der Waals surface area contributed by atoms with E-state index in [2.05, 4.69) is 33.2 Å². The van der Waals surface area contributed by atoms with Crippen molar-refractivity contribution in [1.82, 2.24) is 4.98 Å². The van der Waals surface area contributed by atoms with Crippen molar-refractivity contribution in [3.05, 3.63) is 63.2 Å². The molecule has 152 valence electrons. The van der Waals surface area contributed by atoms with Crippen LogP contribution in [0.25, 0.3) is 11.3 Å². The van der Waals surface area contributed by atoms with Gasteiger partial charge < -0.3 is 10.1 Å².